The van der Waals surface area contributed by atoms with Gasteiger partial charge in [-0.15, -0.1) is 0 Å². The lowest BCUT2D eigenvalue weighted by Gasteiger charge is -2.11. The minimum atomic E-state index is -4.41. The van der Waals surface area contributed by atoms with Gasteiger partial charge in [0.2, 0.25) is 0 Å². The Balaban J connectivity index is 2.48. The molecule has 0 saturated carbocycles. The van der Waals surface area contributed by atoms with Crippen LogP contribution in [0.5, 0.6) is 0 Å². The predicted octanol–water partition coefficient (Wildman–Crippen LogP) is 4.95. The van der Waals surface area contributed by atoms with Crippen LogP contribution in [0.15, 0.2) is 46.9 Å². The molecule has 0 amide bonds. The van der Waals surface area contributed by atoms with Gasteiger partial charge in [0.1, 0.15) is 6.29 Å². The first kappa shape index (κ1) is 13.8. The van der Waals surface area contributed by atoms with Crippen LogP contribution in [0.2, 0.25) is 0 Å². The van der Waals surface area contributed by atoms with E-state index < -0.39 is 11.7 Å². The van der Waals surface area contributed by atoms with Crippen LogP contribution in [0, 0.1) is 0 Å². The molecule has 0 spiro atoms. The zero-order valence-electron chi connectivity index (χ0n) is 9.54. The van der Waals surface area contributed by atoms with Crippen LogP contribution in [0.4, 0.5) is 13.2 Å². The maximum Gasteiger partial charge on any atom is 0.417 e. The van der Waals surface area contributed by atoms with E-state index in [1.807, 2.05) is 0 Å². The van der Waals surface area contributed by atoms with Gasteiger partial charge in [-0.05, 0) is 23.3 Å². The molecule has 0 bridgehead atoms. The summed E-state index contributed by atoms with van der Waals surface area (Å²) in [5.41, 5.74) is 0.845. The third kappa shape index (κ3) is 3.04. The van der Waals surface area contributed by atoms with E-state index in [0.29, 0.717) is 23.0 Å². The van der Waals surface area contributed by atoms with E-state index in [-0.39, 0.29) is 4.47 Å². The fourth-order valence-corrected chi connectivity index (χ4v) is 2.15. The van der Waals surface area contributed by atoms with Crippen LogP contribution < -0.4 is 0 Å². The Morgan fingerprint density at radius 1 is 0.947 bits per heavy atom. The Morgan fingerprint density at radius 3 is 2.05 bits per heavy atom. The Kier molecular flexibility index (Phi) is 3.75. The van der Waals surface area contributed by atoms with E-state index in [4.69, 9.17) is 0 Å². The van der Waals surface area contributed by atoms with E-state index in [2.05, 4.69) is 15.9 Å². The topological polar surface area (TPSA) is 17.1 Å². The molecule has 0 aliphatic carbocycles. The molecule has 0 atom stereocenters. The van der Waals surface area contributed by atoms with Crippen molar-refractivity contribution in [3.8, 4) is 11.1 Å². The van der Waals surface area contributed by atoms with Gasteiger partial charge in [-0.3, -0.25) is 4.79 Å². The number of halogens is 4. The van der Waals surface area contributed by atoms with Crippen LogP contribution >= 0.6 is 15.9 Å². The first-order valence-electron chi connectivity index (χ1n) is 5.34. The number of rotatable bonds is 2. The summed E-state index contributed by atoms with van der Waals surface area (Å²) in [5, 5.41) is 0. The van der Waals surface area contributed by atoms with Crippen LogP contribution in [-0.2, 0) is 6.18 Å². The number of carbonyl (C=O) groups excluding carboxylic acids is 1. The van der Waals surface area contributed by atoms with Gasteiger partial charge < -0.3 is 0 Å². The number of carbonyl (C=O) groups is 1. The van der Waals surface area contributed by atoms with E-state index in [1.54, 1.807) is 30.3 Å². The highest BCUT2D eigenvalue weighted by atomic mass is 79.9. The highest BCUT2D eigenvalue weighted by molar-refractivity contribution is 9.10. The van der Waals surface area contributed by atoms with Gasteiger partial charge in [-0.2, -0.15) is 13.2 Å². The maximum absolute atomic E-state index is 12.8. The molecule has 0 aliphatic rings. The van der Waals surface area contributed by atoms with E-state index in [9.17, 15) is 18.0 Å². The second-order valence-corrected chi connectivity index (χ2v) is 4.79. The number of hydrogen-bond donors (Lipinski definition) is 0. The van der Waals surface area contributed by atoms with Gasteiger partial charge in [0.15, 0.2) is 0 Å². The summed E-state index contributed by atoms with van der Waals surface area (Å²) in [6.07, 6.45) is -3.72. The number of benzene rings is 2. The Bertz CT molecular complexity index is 603. The summed E-state index contributed by atoms with van der Waals surface area (Å²) in [6, 6.07) is 10.4. The average Bonchev–Trinajstić information content (AvgIpc) is 2.38. The van der Waals surface area contributed by atoms with Crippen molar-refractivity contribution >= 4 is 22.2 Å². The van der Waals surface area contributed by atoms with Crippen LogP contribution in [0.3, 0.4) is 0 Å². The summed E-state index contributed by atoms with van der Waals surface area (Å²) in [5.74, 6) is 0. The lowest BCUT2D eigenvalue weighted by Crippen LogP contribution is -2.06. The molecule has 0 radical (unpaired) electrons. The van der Waals surface area contributed by atoms with Gasteiger partial charge in [-0.25, -0.2) is 0 Å². The molecule has 0 fully saturated rings. The molecule has 2 aromatic rings. The average molecular weight is 329 g/mol. The predicted molar refractivity (Wildman–Crippen MR) is 70.0 cm³/mol. The van der Waals surface area contributed by atoms with Crippen molar-refractivity contribution in [1.82, 2.24) is 0 Å². The van der Waals surface area contributed by atoms with Crippen molar-refractivity contribution in [1.29, 1.82) is 0 Å². The van der Waals surface area contributed by atoms with Crippen LogP contribution in [0.1, 0.15) is 15.9 Å². The second-order valence-electron chi connectivity index (χ2n) is 3.93. The smallest absolute Gasteiger partial charge is 0.298 e. The molecule has 98 valence electrons. The molecule has 5 heteroatoms. The molecule has 0 unspecified atom stereocenters. The van der Waals surface area contributed by atoms with Gasteiger partial charge in [0, 0.05) is 10.0 Å². The standard InChI is InChI=1S/C14H8BrF3O/c15-13-6-5-11(7-12(13)14(16,17)18)10-3-1-9(8-19)2-4-10/h1-8H. The molecule has 1 nitrogen and oxygen atoms in total. The summed E-state index contributed by atoms with van der Waals surface area (Å²) in [6.45, 7) is 0. The van der Waals surface area contributed by atoms with Crippen molar-refractivity contribution in [3.05, 3.63) is 58.1 Å². The molecule has 0 N–H and O–H groups in total. The molecular formula is C14H8BrF3O. The number of hydrogen-bond acceptors (Lipinski definition) is 1. The molecule has 0 aromatic heterocycles. The minimum Gasteiger partial charge on any atom is -0.298 e. The quantitative estimate of drug-likeness (QED) is 0.713. The zero-order valence-corrected chi connectivity index (χ0v) is 11.1. The van der Waals surface area contributed by atoms with E-state index in [0.717, 1.165) is 6.07 Å². The normalized spacial score (nSPS) is 11.4. The molecule has 0 heterocycles. The third-order valence-electron chi connectivity index (χ3n) is 2.65. The summed E-state index contributed by atoms with van der Waals surface area (Å²) in [7, 11) is 0. The zero-order chi connectivity index (χ0) is 14.0. The highest BCUT2D eigenvalue weighted by Gasteiger charge is 2.33. The van der Waals surface area contributed by atoms with Crippen LogP contribution in [-0.4, -0.2) is 6.29 Å². The summed E-state index contributed by atoms with van der Waals surface area (Å²) < 4.78 is 38.4. The third-order valence-corrected chi connectivity index (χ3v) is 3.34. The highest BCUT2D eigenvalue weighted by Crippen LogP contribution is 2.37. The Morgan fingerprint density at radius 2 is 1.53 bits per heavy atom. The van der Waals surface area contributed by atoms with Crippen LogP contribution in [0.25, 0.3) is 11.1 Å². The van der Waals surface area contributed by atoms with Gasteiger partial charge in [-0.1, -0.05) is 46.3 Å². The van der Waals surface area contributed by atoms with Gasteiger partial charge in [0.25, 0.3) is 0 Å². The number of alkyl halides is 3. The molecule has 2 aromatic carbocycles. The van der Waals surface area contributed by atoms with Crippen molar-refractivity contribution in [2.75, 3.05) is 0 Å². The fraction of sp³-hybridized carbons (Fsp3) is 0.0714. The molecular weight excluding hydrogens is 321 g/mol. The Hall–Kier alpha value is -1.62. The monoisotopic (exact) mass is 328 g/mol. The molecule has 2 rings (SSSR count). The minimum absolute atomic E-state index is 0.00765. The summed E-state index contributed by atoms with van der Waals surface area (Å²) >= 11 is 2.90. The lowest BCUT2D eigenvalue weighted by atomic mass is 10.0. The van der Waals surface area contributed by atoms with Crippen molar-refractivity contribution in [2.45, 2.75) is 6.18 Å². The van der Waals surface area contributed by atoms with Crippen molar-refractivity contribution in [3.63, 3.8) is 0 Å². The van der Waals surface area contributed by atoms with E-state index in [1.165, 1.54) is 6.07 Å². The SMILES string of the molecule is O=Cc1ccc(-c2ccc(Br)c(C(F)(F)F)c2)cc1. The summed E-state index contributed by atoms with van der Waals surface area (Å²) in [4.78, 5) is 10.5. The number of aldehydes is 1. The van der Waals surface area contributed by atoms with Crippen molar-refractivity contribution < 1.29 is 18.0 Å². The molecule has 0 saturated heterocycles. The van der Waals surface area contributed by atoms with E-state index >= 15 is 0 Å². The van der Waals surface area contributed by atoms with Crippen molar-refractivity contribution in [2.24, 2.45) is 0 Å². The molecule has 0 aliphatic heterocycles. The largest absolute Gasteiger partial charge is 0.417 e. The van der Waals surface area contributed by atoms with Gasteiger partial charge in [0.05, 0.1) is 5.56 Å². The maximum atomic E-state index is 12.8. The first-order chi connectivity index (χ1) is 8.91. The Labute approximate surface area is 116 Å². The lowest BCUT2D eigenvalue weighted by molar-refractivity contribution is -0.138. The fourth-order valence-electron chi connectivity index (χ4n) is 1.68. The first-order valence-corrected chi connectivity index (χ1v) is 6.13. The van der Waals surface area contributed by atoms with Gasteiger partial charge >= 0.3 is 6.18 Å². The molecule has 19 heavy (non-hydrogen) atoms. The second kappa shape index (κ2) is 5.17.